The van der Waals surface area contributed by atoms with Crippen LogP contribution in [0.3, 0.4) is 0 Å². The summed E-state index contributed by atoms with van der Waals surface area (Å²) >= 11 is 0. The first-order valence-corrected chi connectivity index (χ1v) is 9.66. The van der Waals surface area contributed by atoms with Crippen LogP contribution in [-0.4, -0.2) is 17.9 Å². The lowest BCUT2D eigenvalue weighted by atomic mass is 9.88. The highest BCUT2D eigenvalue weighted by atomic mass is 16.7. The summed E-state index contributed by atoms with van der Waals surface area (Å²) in [5, 5.41) is 1.73. The molecule has 29 heavy (non-hydrogen) atoms. The minimum Gasteiger partial charge on any atom is -0.273 e. The molecular weight excluding hydrogens is 364 g/mol. The number of amides is 2. The van der Waals surface area contributed by atoms with E-state index in [-0.39, 0.29) is 17.9 Å². The smallest absolute Gasteiger partial charge is 0.266 e. The predicted molar refractivity (Wildman–Crippen MR) is 110 cm³/mol. The number of carbonyl (C=O) groups excluding carboxylic acids is 2. The Hall–Kier alpha value is -3.44. The molecule has 0 radical (unpaired) electrons. The third-order valence-electron chi connectivity index (χ3n) is 5.65. The number of benzene rings is 3. The Bertz CT molecular complexity index is 1070. The monoisotopic (exact) mass is 384 g/mol. The van der Waals surface area contributed by atoms with Crippen molar-refractivity contribution in [3.05, 3.63) is 96.1 Å². The standard InChI is InChI=1S/C24H20N2O3/c1-16-10-8-9-15-19(16)21-20-22(29-26(21)18-13-6-3-7-14-18)24(28)25(23(20)27)17-11-4-2-5-12-17/h2-15,20-22H,1H3/t20-,21+,22+/m0/s1. The molecule has 3 aromatic carbocycles. The average Bonchev–Trinajstić information content (AvgIpc) is 3.26. The number of rotatable bonds is 3. The van der Waals surface area contributed by atoms with Crippen LogP contribution in [0, 0.1) is 12.8 Å². The van der Waals surface area contributed by atoms with Crippen LogP contribution in [-0.2, 0) is 14.4 Å². The van der Waals surface area contributed by atoms with Crippen molar-refractivity contribution in [2.75, 3.05) is 9.96 Å². The van der Waals surface area contributed by atoms with Crippen molar-refractivity contribution < 1.29 is 14.4 Å². The Kier molecular flexibility index (Phi) is 4.18. The maximum atomic E-state index is 13.5. The highest BCUT2D eigenvalue weighted by Gasteiger charge is 2.60. The summed E-state index contributed by atoms with van der Waals surface area (Å²) in [7, 11) is 0. The first-order valence-electron chi connectivity index (χ1n) is 9.66. The third kappa shape index (κ3) is 2.74. The Morgan fingerprint density at radius 2 is 1.31 bits per heavy atom. The van der Waals surface area contributed by atoms with E-state index in [9.17, 15) is 9.59 Å². The van der Waals surface area contributed by atoms with Gasteiger partial charge in [0.15, 0.2) is 6.10 Å². The molecule has 2 fully saturated rings. The number of nitrogens with zero attached hydrogens (tertiary/aromatic N) is 2. The van der Waals surface area contributed by atoms with Crippen LogP contribution in [0.15, 0.2) is 84.9 Å². The fourth-order valence-corrected chi connectivity index (χ4v) is 4.28. The Labute approximate surface area is 169 Å². The van der Waals surface area contributed by atoms with Crippen molar-refractivity contribution in [3.63, 3.8) is 0 Å². The zero-order chi connectivity index (χ0) is 20.0. The van der Waals surface area contributed by atoms with Crippen molar-refractivity contribution in [3.8, 4) is 0 Å². The van der Waals surface area contributed by atoms with Gasteiger partial charge in [0, 0.05) is 0 Å². The summed E-state index contributed by atoms with van der Waals surface area (Å²) in [6, 6.07) is 26.2. The summed E-state index contributed by atoms with van der Waals surface area (Å²) in [6.45, 7) is 2.02. The van der Waals surface area contributed by atoms with Gasteiger partial charge >= 0.3 is 0 Å². The molecule has 2 saturated heterocycles. The molecule has 0 aromatic heterocycles. The summed E-state index contributed by atoms with van der Waals surface area (Å²) < 4.78 is 0. The lowest BCUT2D eigenvalue weighted by Crippen LogP contribution is -2.37. The van der Waals surface area contributed by atoms with E-state index in [0.717, 1.165) is 16.8 Å². The van der Waals surface area contributed by atoms with Crippen LogP contribution in [0.2, 0.25) is 0 Å². The van der Waals surface area contributed by atoms with Gasteiger partial charge in [-0.05, 0) is 42.3 Å². The first-order chi connectivity index (χ1) is 14.2. The van der Waals surface area contributed by atoms with Gasteiger partial charge in [0.05, 0.1) is 17.4 Å². The van der Waals surface area contributed by atoms with Crippen molar-refractivity contribution in [2.45, 2.75) is 19.1 Å². The number of carbonyl (C=O) groups is 2. The molecule has 5 heteroatoms. The fourth-order valence-electron chi connectivity index (χ4n) is 4.28. The second-order valence-corrected chi connectivity index (χ2v) is 7.36. The van der Waals surface area contributed by atoms with Gasteiger partial charge in [0.1, 0.15) is 5.92 Å². The lowest BCUT2D eigenvalue weighted by Gasteiger charge is -2.29. The highest BCUT2D eigenvalue weighted by molar-refractivity contribution is 6.23. The molecule has 5 rings (SSSR count). The quantitative estimate of drug-likeness (QED) is 0.640. The number of aryl methyl sites for hydroxylation is 1. The summed E-state index contributed by atoms with van der Waals surface area (Å²) in [5.74, 6) is -1.15. The molecule has 5 nitrogen and oxygen atoms in total. The molecule has 0 N–H and O–H groups in total. The number of para-hydroxylation sites is 2. The Morgan fingerprint density at radius 3 is 1.97 bits per heavy atom. The van der Waals surface area contributed by atoms with Gasteiger partial charge in [-0.1, -0.05) is 60.7 Å². The van der Waals surface area contributed by atoms with Gasteiger partial charge in [0.2, 0.25) is 5.91 Å². The number of hydrogen-bond acceptors (Lipinski definition) is 4. The van der Waals surface area contributed by atoms with Crippen molar-refractivity contribution >= 4 is 23.2 Å². The maximum absolute atomic E-state index is 13.5. The van der Waals surface area contributed by atoms with Gasteiger partial charge in [-0.15, -0.1) is 0 Å². The topological polar surface area (TPSA) is 49.9 Å². The lowest BCUT2D eigenvalue weighted by molar-refractivity contribution is -0.126. The van der Waals surface area contributed by atoms with Crippen molar-refractivity contribution in [2.24, 2.45) is 5.92 Å². The molecule has 0 bridgehead atoms. The number of imide groups is 1. The molecular formula is C24H20N2O3. The fraction of sp³-hybridized carbons (Fsp3) is 0.167. The summed E-state index contributed by atoms with van der Waals surface area (Å²) in [6.07, 6.45) is -0.840. The molecule has 144 valence electrons. The molecule has 0 aliphatic carbocycles. The van der Waals surface area contributed by atoms with Gasteiger partial charge in [-0.2, -0.15) is 0 Å². The molecule has 0 saturated carbocycles. The van der Waals surface area contributed by atoms with Crippen LogP contribution in [0.5, 0.6) is 0 Å². The normalized spacial score (nSPS) is 23.6. The van der Waals surface area contributed by atoms with E-state index in [4.69, 9.17) is 4.84 Å². The van der Waals surface area contributed by atoms with Crippen LogP contribution in [0.4, 0.5) is 11.4 Å². The van der Waals surface area contributed by atoms with E-state index in [1.165, 1.54) is 4.90 Å². The molecule has 2 aliphatic heterocycles. The van der Waals surface area contributed by atoms with E-state index in [1.54, 1.807) is 17.2 Å². The van der Waals surface area contributed by atoms with Gasteiger partial charge in [0.25, 0.3) is 5.91 Å². The molecule has 2 amide bonds. The van der Waals surface area contributed by atoms with Gasteiger partial charge in [-0.3, -0.25) is 14.4 Å². The zero-order valence-corrected chi connectivity index (χ0v) is 15.9. The SMILES string of the molecule is Cc1ccccc1[C@@H]1[C@@H]2C(=O)N(c3ccccc3)C(=O)[C@@H]2ON1c1ccccc1. The van der Waals surface area contributed by atoms with Crippen LogP contribution in [0.25, 0.3) is 0 Å². The van der Waals surface area contributed by atoms with E-state index < -0.39 is 12.0 Å². The Balaban J connectivity index is 1.62. The van der Waals surface area contributed by atoms with Crippen LogP contribution in [0.1, 0.15) is 17.2 Å². The van der Waals surface area contributed by atoms with Crippen molar-refractivity contribution in [1.82, 2.24) is 0 Å². The number of hydroxylamine groups is 1. The maximum Gasteiger partial charge on any atom is 0.266 e. The molecule has 2 heterocycles. The predicted octanol–water partition coefficient (Wildman–Crippen LogP) is 4.05. The van der Waals surface area contributed by atoms with E-state index >= 15 is 0 Å². The number of hydrogen-bond donors (Lipinski definition) is 0. The Morgan fingerprint density at radius 1 is 0.724 bits per heavy atom. The first kappa shape index (κ1) is 17.6. The van der Waals surface area contributed by atoms with E-state index in [1.807, 2.05) is 79.7 Å². The van der Waals surface area contributed by atoms with E-state index in [2.05, 4.69) is 0 Å². The molecule has 0 unspecified atom stereocenters. The van der Waals surface area contributed by atoms with Crippen molar-refractivity contribution in [1.29, 1.82) is 0 Å². The number of fused-ring (bicyclic) bond motifs is 1. The van der Waals surface area contributed by atoms with Gasteiger partial charge < -0.3 is 0 Å². The molecule has 3 atom stereocenters. The zero-order valence-electron chi connectivity index (χ0n) is 15.9. The molecule has 0 spiro atoms. The van der Waals surface area contributed by atoms with Crippen LogP contribution >= 0.6 is 0 Å². The summed E-state index contributed by atoms with van der Waals surface area (Å²) in [4.78, 5) is 34.1. The summed E-state index contributed by atoms with van der Waals surface area (Å²) in [5.41, 5.74) is 3.44. The second kappa shape index (κ2) is 6.87. The molecule has 3 aromatic rings. The minimum absolute atomic E-state index is 0.224. The van der Waals surface area contributed by atoms with Crippen LogP contribution < -0.4 is 9.96 Å². The highest BCUT2D eigenvalue weighted by Crippen LogP contribution is 2.48. The third-order valence-corrected chi connectivity index (χ3v) is 5.65. The number of anilines is 2. The van der Waals surface area contributed by atoms with Gasteiger partial charge in [-0.25, -0.2) is 9.96 Å². The average molecular weight is 384 g/mol. The second-order valence-electron chi connectivity index (χ2n) is 7.36. The van der Waals surface area contributed by atoms with E-state index in [0.29, 0.717) is 5.69 Å². The largest absolute Gasteiger partial charge is 0.273 e. The minimum atomic E-state index is -0.840. The molecule has 2 aliphatic rings.